The van der Waals surface area contributed by atoms with E-state index in [0.717, 1.165) is 26.9 Å². The van der Waals surface area contributed by atoms with Gasteiger partial charge in [0.25, 0.3) is 0 Å². The van der Waals surface area contributed by atoms with Crippen molar-refractivity contribution in [1.82, 2.24) is 9.55 Å². The first kappa shape index (κ1) is 18.1. The summed E-state index contributed by atoms with van der Waals surface area (Å²) in [5.74, 6) is 0. The van der Waals surface area contributed by atoms with Gasteiger partial charge < -0.3 is 4.57 Å². The van der Waals surface area contributed by atoms with Crippen LogP contribution >= 0.6 is 55.2 Å². The van der Waals surface area contributed by atoms with Gasteiger partial charge in [-0.05, 0) is 48.4 Å². The zero-order chi connectivity index (χ0) is 16.9. The van der Waals surface area contributed by atoms with E-state index in [1.807, 2.05) is 42.6 Å². The van der Waals surface area contributed by atoms with E-state index in [4.69, 9.17) is 11.6 Å². The van der Waals surface area contributed by atoms with Gasteiger partial charge in [-0.25, -0.2) is 4.98 Å². The SMILES string of the molecule is Clc1ccc(SC(CCn2ccnc2)c2ccc(Br)cc2Br)cc1. The monoisotopic (exact) mass is 484 g/mol. The molecule has 0 radical (unpaired) electrons. The van der Waals surface area contributed by atoms with Crippen LogP contribution in [-0.4, -0.2) is 9.55 Å². The molecule has 24 heavy (non-hydrogen) atoms. The Balaban J connectivity index is 1.83. The summed E-state index contributed by atoms with van der Waals surface area (Å²) in [5.41, 5.74) is 1.29. The molecular formula is C18H15Br2ClN2S. The summed E-state index contributed by atoms with van der Waals surface area (Å²) < 4.78 is 4.30. The Kier molecular flexibility index (Phi) is 6.44. The van der Waals surface area contributed by atoms with Crippen LogP contribution in [0.25, 0.3) is 0 Å². The first-order valence-corrected chi connectivity index (χ1v) is 10.3. The predicted molar refractivity (Wildman–Crippen MR) is 109 cm³/mol. The van der Waals surface area contributed by atoms with E-state index in [1.165, 1.54) is 10.5 Å². The van der Waals surface area contributed by atoms with E-state index < -0.39 is 0 Å². The van der Waals surface area contributed by atoms with E-state index in [9.17, 15) is 0 Å². The fourth-order valence-electron chi connectivity index (χ4n) is 2.40. The third kappa shape index (κ3) is 4.88. The van der Waals surface area contributed by atoms with Gasteiger partial charge in [0, 0.05) is 43.1 Å². The second kappa shape index (κ2) is 8.56. The maximum absolute atomic E-state index is 6.00. The van der Waals surface area contributed by atoms with Crippen LogP contribution in [0, 0.1) is 0 Å². The fourth-order valence-corrected chi connectivity index (χ4v) is 5.18. The number of halogens is 3. The number of thioether (sulfide) groups is 1. The molecule has 3 rings (SSSR count). The number of nitrogens with zero attached hydrogens (tertiary/aromatic N) is 2. The van der Waals surface area contributed by atoms with E-state index in [2.05, 4.69) is 71.7 Å². The van der Waals surface area contributed by atoms with Crippen molar-refractivity contribution in [3.05, 3.63) is 80.7 Å². The number of rotatable bonds is 6. The van der Waals surface area contributed by atoms with Crippen LogP contribution in [0.4, 0.5) is 0 Å². The minimum Gasteiger partial charge on any atom is -0.337 e. The van der Waals surface area contributed by atoms with Crippen LogP contribution in [0.5, 0.6) is 0 Å². The van der Waals surface area contributed by atoms with Crippen molar-refractivity contribution >= 4 is 55.2 Å². The van der Waals surface area contributed by atoms with Crippen molar-refractivity contribution in [2.75, 3.05) is 0 Å². The summed E-state index contributed by atoms with van der Waals surface area (Å²) in [6.45, 7) is 0.924. The molecule has 3 aromatic rings. The number of imidazole rings is 1. The Morgan fingerprint density at radius 3 is 2.58 bits per heavy atom. The lowest BCUT2D eigenvalue weighted by Gasteiger charge is -2.19. The van der Waals surface area contributed by atoms with Crippen LogP contribution in [0.1, 0.15) is 17.2 Å². The lowest BCUT2D eigenvalue weighted by Crippen LogP contribution is -2.02. The van der Waals surface area contributed by atoms with Gasteiger partial charge >= 0.3 is 0 Å². The molecule has 0 saturated carbocycles. The highest BCUT2D eigenvalue weighted by Crippen LogP contribution is 2.42. The van der Waals surface area contributed by atoms with Gasteiger partial charge in [-0.1, -0.05) is 49.5 Å². The van der Waals surface area contributed by atoms with Gasteiger partial charge in [0.1, 0.15) is 0 Å². The van der Waals surface area contributed by atoms with Gasteiger partial charge in [-0.15, -0.1) is 11.8 Å². The molecule has 1 unspecified atom stereocenters. The lowest BCUT2D eigenvalue weighted by molar-refractivity contribution is 0.633. The van der Waals surface area contributed by atoms with Crippen molar-refractivity contribution in [3.8, 4) is 0 Å². The first-order valence-electron chi connectivity index (χ1n) is 7.45. The molecular weight excluding hydrogens is 472 g/mol. The highest BCUT2D eigenvalue weighted by Gasteiger charge is 2.17. The summed E-state index contributed by atoms with van der Waals surface area (Å²) in [6, 6.07) is 14.4. The Morgan fingerprint density at radius 2 is 1.92 bits per heavy atom. The van der Waals surface area contributed by atoms with Crippen LogP contribution < -0.4 is 0 Å². The van der Waals surface area contributed by atoms with Gasteiger partial charge in [0.05, 0.1) is 6.33 Å². The zero-order valence-corrected chi connectivity index (χ0v) is 17.4. The molecule has 6 heteroatoms. The molecule has 0 N–H and O–H groups in total. The predicted octanol–water partition coefficient (Wildman–Crippen LogP) is 6.99. The molecule has 0 aliphatic carbocycles. The Hall–Kier alpha value is -0.750. The van der Waals surface area contributed by atoms with Crippen molar-refractivity contribution in [1.29, 1.82) is 0 Å². The third-order valence-electron chi connectivity index (χ3n) is 3.61. The molecule has 0 spiro atoms. The second-order valence-electron chi connectivity index (χ2n) is 5.32. The molecule has 2 aromatic carbocycles. The molecule has 0 aliphatic heterocycles. The first-order chi connectivity index (χ1) is 11.6. The van der Waals surface area contributed by atoms with Gasteiger partial charge in [-0.3, -0.25) is 0 Å². The second-order valence-corrected chi connectivity index (χ2v) is 8.80. The summed E-state index contributed by atoms with van der Waals surface area (Å²) in [6.07, 6.45) is 6.68. The van der Waals surface area contributed by atoms with Gasteiger partial charge in [0.2, 0.25) is 0 Å². The van der Waals surface area contributed by atoms with E-state index in [1.54, 1.807) is 0 Å². The molecule has 124 valence electrons. The third-order valence-corrected chi connectivity index (χ3v) is 6.36. The minimum absolute atomic E-state index is 0.330. The summed E-state index contributed by atoms with van der Waals surface area (Å²) in [5, 5.41) is 1.09. The highest BCUT2D eigenvalue weighted by molar-refractivity contribution is 9.11. The van der Waals surface area contributed by atoms with Crippen molar-refractivity contribution in [2.45, 2.75) is 23.1 Å². The number of benzene rings is 2. The van der Waals surface area contributed by atoms with Crippen LogP contribution in [0.3, 0.4) is 0 Å². The van der Waals surface area contributed by atoms with Gasteiger partial charge in [0.15, 0.2) is 0 Å². The molecule has 1 heterocycles. The molecule has 1 atom stereocenters. The molecule has 0 fully saturated rings. The average Bonchev–Trinajstić information content (AvgIpc) is 3.07. The molecule has 2 nitrogen and oxygen atoms in total. The van der Waals surface area contributed by atoms with Gasteiger partial charge in [-0.2, -0.15) is 0 Å². The number of aromatic nitrogens is 2. The largest absolute Gasteiger partial charge is 0.337 e. The maximum atomic E-state index is 6.00. The van der Waals surface area contributed by atoms with Crippen LogP contribution in [-0.2, 0) is 6.54 Å². The molecule has 0 bridgehead atoms. The molecule has 0 aliphatic rings. The number of hydrogen-bond donors (Lipinski definition) is 0. The van der Waals surface area contributed by atoms with Crippen molar-refractivity contribution in [3.63, 3.8) is 0 Å². The van der Waals surface area contributed by atoms with Crippen molar-refractivity contribution < 1.29 is 0 Å². The molecule has 0 amide bonds. The Labute approximate surface area is 167 Å². The number of hydrogen-bond acceptors (Lipinski definition) is 2. The standard InChI is InChI=1S/C18H15Br2ClN2S/c19-13-1-6-16(17(20)11-13)18(7-9-23-10-8-22-12-23)24-15-4-2-14(21)3-5-15/h1-6,8,10-12,18H,7,9H2. The number of aryl methyl sites for hydroxylation is 1. The topological polar surface area (TPSA) is 17.8 Å². The normalized spacial score (nSPS) is 12.3. The summed E-state index contributed by atoms with van der Waals surface area (Å²) in [4.78, 5) is 5.33. The van der Waals surface area contributed by atoms with E-state index in [0.29, 0.717) is 5.25 Å². The molecule has 1 aromatic heterocycles. The van der Waals surface area contributed by atoms with E-state index in [-0.39, 0.29) is 0 Å². The Bertz CT molecular complexity index is 791. The molecule has 0 saturated heterocycles. The quantitative estimate of drug-likeness (QED) is 0.350. The summed E-state index contributed by atoms with van der Waals surface area (Å²) in [7, 11) is 0. The maximum Gasteiger partial charge on any atom is 0.0945 e. The van der Waals surface area contributed by atoms with Crippen molar-refractivity contribution in [2.24, 2.45) is 0 Å². The average molecular weight is 487 g/mol. The smallest absolute Gasteiger partial charge is 0.0945 e. The Morgan fingerprint density at radius 1 is 1.12 bits per heavy atom. The van der Waals surface area contributed by atoms with E-state index >= 15 is 0 Å². The van der Waals surface area contributed by atoms with Crippen LogP contribution in [0.2, 0.25) is 5.02 Å². The fraction of sp³-hybridized carbons (Fsp3) is 0.167. The highest BCUT2D eigenvalue weighted by atomic mass is 79.9. The summed E-state index contributed by atoms with van der Waals surface area (Å²) >= 11 is 15.1. The minimum atomic E-state index is 0.330. The lowest BCUT2D eigenvalue weighted by atomic mass is 10.1. The zero-order valence-electron chi connectivity index (χ0n) is 12.7. The van der Waals surface area contributed by atoms with Crippen LogP contribution in [0.15, 0.2) is 75.0 Å².